The van der Waals surface area contributed by atoms with E-state index in [1.165, 1.54) is 18.9 Å². The molecule has 0 aliphatic carbocycles. The molecular weight excluding hydrogens is 204 g/mol. The third-order valence-corrected chi connectivity index (χ3v) is 2.82. The Hall–Kier alpha value is -1.36. The minimum absolute atomic E-state index is 0.103. The van der Waals surface area contributed by atoms with Gasteiger partial charge in [-0.15, -0.1) is 0 Å². The summed E-state index contributed by atoms with van der Waals surface area (Å²) < 4.78 is 0. The van der Waals surface area contributed by atoms with Crippen molar-refractivity contribution in [2.75, 3.05) is 18.4 Å². The first kappa shape index (κ1) is 11.1. The van der Waals surface area contributed by atoms with Gasteiger partial charge >= 0.3 is 0 Å². The number of nitrogens with zero attached hydrogens (tertiary/aromatic N) is 1. The van der Waals surface area contributed by atoms with Gasteiger partial charge in [0.25, 0.3) is 5.56 Å². The van der Waals surface area contributed by atoms with Gasteiger partial charge < -0.3 is 15.6 Å². The molecule has 2 heterocycles. The quantitative estimate of drug-likeness (QED) is 0.699. The average Bonchev–Trinajstić information content (AvgIpc) is 2.69. The molecule has 2 rings (SSSR count). The molecule has 3 N–H and O–H groups in total. The number of aromatic nitrogens is 2. The fourth-order valence-electron chi connectivity index (χ4n) is 2.05. The lowest BCUT2D eigenvalue weighted by atomic mass is 10.1. The zero-order valence-electron chi connectivity index (χ0n) is 9.55. The minimum atomic E-state index is -0.103. The molecule has 1 fully saturated rings. The molecule has 0 amide bonds. The predicted octanol–water partition coefficient (Wildman–Crippen LogP) is 0.632. The molecule has 0 saturated carbocycles. The van der Waals surface area contributed by atoms with Crippen LogP contribution in [0.25, 0.3) is 0 Å². The van der Waals surface area contributed by atoms with E-state index in [1.54, 1.807) is 6.92 Å². The van der Waals surface area contributed by atoms with Crippen LogP contribution in [0.1, 0.15) is 25.1 Å². The molecule has 1 atom stereocenters. The molecule has 0 bridgehead atoms. The largest absolute Gasteiger partial charge is 0.370 e. The maximum atomic E-state index is 11.2. The standard InChI is InChI=1S/C11H18N4O/c1-8-14-10(7-11(16)15-8)13-6-4-9-3-2-5-12-9/h7,9,12H,2-6H2,1H3,(H2,13,14,15,16)/t9-/m0/s1. The predicted molar refractivity (Wildman–Crippen MR) is 63.7 cm³/mol. The van der Waals surface area contributed by atoms with Crippen molar-refractivity contribution in [3.05, 3.63) is 22.2 Å². The van der Waals surface area contributed by atoms with Crippen LogP contribution in [0, 0.1) is 6.92 Å². The number of rotatable bonds is 4. The number of H-pyrrole nitrogens is 1. The Bertz CT molecular complexity index is 395. The van der Waals surface area contributed by atoms with Gasteiger partial charge in [-0.05, 0) is 32.7 Å². The summed E-state index contributed by atoms with van der Waals surface area (Å²) in [6, 6.07) is 2.12. The Morgan fingerprint density at radius 1 is 1.62 bits per heavy atom. The van der Waals surface area contributed by atoms with Crippen LogP contribution in [-0.4, -0.2) is 29.1 Å². The third kappa shape index (κ3) is 3.06. The molecule has 1 aliphatic rings. The van der Waals surface area contributed by atoms with Crippen molar-refractivity contribution in [2.24, 2.45) is 0 Å². The zero-order chi connectivity index (χ0) is 11.4. The summed E-state index contributed by atoms with van der Waals surface area (Å²) >= 11 is 0. The summed E-state index contributed by atoms with van der Waals surface area (Å²) in [5, 5.41) is 6.62. The first-order valence-corrected chi connectivity index (χ1v) is 5.79. The maximum absolute atomic E-state index is 11.2. The molecular formula is C11H18N4O. The van der Waals surface area contributed by atoms with Crippen molar-refractivity contribution in [3.63, 3.8) is 0 Å². The summed E-state index contributed by atoms with van der Waals surface area (Å²) in [7, 11) is 0. The van der Waals surface area contributed by atoms with E-state index in [2.05, 4.69) is 20.6 Å². The van der Waals surface area contributed by atoms with Crippen LogP contribution in [0.5, 0.6) is 0 Å². The second-order valence-corrected chi connectivity index (χ2v) is 4.22. The number of anilines is 1. The summed E-state index contributed by atoms with van der Waals surface area (Å²) in [5.74, 6) is 1.31. The first-order chi connectivity index (χ1) is 7.74. The van der Waals surface area contributed by atoms with E-state index in [4.69, 9.17) is 0 Å². The van der Waals surface area contributed by atoms with E-state index < -0.39 is 0 Å². The van der Waals surface area contributed by atoms with Gasteiger partial charge in [-0.3, -0.25) is 4.79 Å². The third-order valence-electron chi connectivity index (χ3n) is 2.82. The Balaban J connectivity index is 1.82. The van der Waals surface area contributed by atoms with Crippen LogP contribution in [0.3, 0.4) is 0 Å². The highest BCUT2D eigenvalue weighted by atomic mass is 16.1. The van der Waals surface area contributed by atoms with Crippen molar-refractivity contribution >= 4 is 5.82 Å². The second-order valence-electron chi connectivity index (χ2n) is 4.22. The van der Waals surface area contributed by atoms with Crippen molar-refractivity contribution in [1.82, 2.24) is 15.3 Å². The van der Waals surface area contributed by atoms with Gasteiger partial charge in [-0.25, -0.2) is 4.98 Å². The first-order valence-electron chi connectivity index (χ1n) is 5.79. The number of hydrogen-bond acceptors (Lipinski definition) is 4. The van der Waals surface area contributed by atoms with Crippen LogP contribution in [0.15, 0.2) is 10.9 Å². The minimum Gasteiger partial charge on any atom is -0.370 e. The number of nitrogens with one attached hydrogen (secondary N) is 3. The lowest BCUT2D eigenvalue weighted by Gasteiger charge is -2.10. The van der Waals surface area contributed by atoms with Gasteiger partial charge in [0.05, 0.1) is 0 Å². The molecule has 16 heavy (non-hydrogen) atoms. The smallest absolute Gasteiger partial charge is 0.252 e. The van der Waals surface area contributed by atoms with Gasteiger partial charge in [-0.2, -0.15) is 0 Å². The molecule has 0 aromatic carbocycles. The van der Waals surface area contributed by atoms with Gasteiger partial charge in [0.15, 0.2) is 0 Å². The molecule has 1 saturated heterocycles. The van der Waals surface area contributed by atoms with Crippen molar-refractivity contribution in [1.29, 1.82) is 0 Å². The molecule has 1 aromatic heterocycles. The average molecular weight is 222 g/mol. The highest BCUT2D eigenvalue weighted by Gasteiger charge is 2.12. The zero-order valence-corrected chi connectivity index (χ0v) is 9.55. The molecule has 0 spiro atoms. The van der Waals surface area contributed by atoms with Crippen LogP contribution in [0.2, 0.25) is 0 Å². The van der Waals surface area contributed by atoms with Gasteiger partial charge in [0.2, 0.25) is 0 Å². The van der Waals surface area contributed by atoms with Gasteiger partial charge in [-0.1, -0.05) is 0 Å². The fraction of sp³-hybridized carbons (Fsp3) is 0.636. The van der Waals surface area contributed by atoms with Crippen molar-refractivity contribution in [3.8, 4) is 0 Å². The monoisotopic (exact) mass is 222 g/mol. The van der Waals surface area contributed by atoms with Crippen LogP contribution in [-0.2, 0) is 0 Å². The van der Waals surface area contributed by atoms with E-state index in [-0.39, 0.29) is 5.56 Å². The molecule has 88 valence electrons. The second kappa shape index (κ2) is 5.12. The van der Waals surface area contributed by atoms with E-state index >= 15 is 0 Å². The van der Waals surface area contributed by atoms with E-state index in [1.807, 2.05) is 0 Å². The van der Waals surface area contributed by atoms with Gasteiger partial charge in [0, 0.05) is 18.7 Å². The Labute approximate surface area is 94.7 Å². The van der Waals surface area contributed by atoms with E-state index in [0.717, 1.165) is 19.5 Å². The SMILES string of the molecule is Cc1nc(NCC[C@@H]2CCCN2)cc(=O)[nH]1. The highest BCUT2D eigenvalue weighted by molar-refractivity contribution is 5.32. The summed E-state index contributed by atoms with van der Waals surface area (Å²) in [5.41, 5.74) is -0.103. The molecule has 5 nitrogen and oxygen atoms in total. The molecule has 5 heteroatoms. The topological polar surface area (TPSA) is 69.8 Å². The number of aromatic amines is 1. The normalized spacial score (nSPS) is 19.9. The van der Waals surface area contributed by atoms with Crippen molar-refractivity contribution in [2.45, 2.75) is 32.2 Å². The fourth-order valence-corrected chi connectivity index (χ4v) is 2.05. The number of aryl methyl sites for hydroxylation is 1. The molecule has 0 unspecified atom stereocenters. The molecule has 0 radical (unpaired) electrons. The van der Waals surface area contributed by atoms with E-state index in [9.17, 15) is 4.79 Å². The summed E-state index contributed by atoms with van der Waals surface area (Å²) in [4.78, 5) is 18.0. The molecule has 1 aliphatic heterocycles. The van der Waals surface area contributed by atoms with Crippen LogP contribution >= 0.6 is 0 Å². The van der Waals surface area contributed by atoms with Crippen LogP contribution in [0.4, 0.5) is 5.82 Å². The Kier molecular flexibility index (Phi) is 3.56. The lowest BCUT2D eigenvalue weighted by Crippen LogP contribution is -2.24. The lowest BCUT2D eigenvalue weighted by molar-refractivity contribution is 0.574. The summed E-state index contributed by atoms with van der Waals surface area (Å²) in [6.07, 6.45) is 3.60. The Morgan fingerprint density at radius 3 is 3.19 bits per heavy atom. The van der Waals surface area contributed by atoms with Crippen molar-refractivity contribution < 1.29 is 0 Å². The summed E-state index contributed by atoms with van der Waals surface area (Å²) in [6.45, 7) is 3.77. The maximum Gasteiger partial charge on any atom is 0.252 e. The van der Waals surface area contributed by atoms with Gasteiger partial charge in [0.1, 0.15) is 11.6 Å². The highest BCUT2D eigenvalue weighted by Crippen LogP contribution is 2.08. The van der Waals surface area contributed by atoms with Crippen LogP contribution < -0.4 is 16.2 Å². The van der Waals surface area contributed by atoms with E-state index in [0.29, 0.717) is 17.7 Å². The Morgan fingerprint density at radius 2 is 2.50 bits per heavy atom. The number of hydrogen-bond donors (Lipinski definition) is 3. The molecule has 1 aromatic rings.